The molecule has 2 aromatic rings. The van der Waals surface area contributed by atoms with Crippen molar-refractivity contribution in [3.8, 4) is 6.07 Å². The number of benzene rings is 2. The zero-order chi connectivity index (χ0) is 16.8. The molecule has 0 aliphatic rings. The molecule has 0 atom stereocenters. The van der Waals surface area contributed by atoms with Gasteiger partial charge in [0.15, 0.2) is 6.61 Å². The predicted molar refractivity (Wildman–Crippen MR) is 85.9 cm³/mol. The lowest BCUT2D eigenvalue weighted by Crippen LogP contribution is -2.21. The second kappa shape index (κ2) is 7.29. The van der Waals surface area contributed by atoms with E-state index in [0.29, 0.717) is 10.7 Å². The molecule has 0 bridgehead atoms. The summed E-state index contributed by atoms with van der Waals surface area (Å²) >= 11 is 5.82. The van der Waals surface area contributed by atoms with Gasteiger partial charge in [-0.05, 0) is 42.5 Å². The number of halogens is 1. The molecule has 0 aliphatic heterocycles. The molecule has 0 unspecified atom stereocenters. The molecular formula is C16H12ClN3O3. The first-order valence-electron chi connectivity index (χ1n) is 6.52. The van der Waals surface area contributed by atoms with Gasteiger partial charge in [-0.3, -0.25) is 4.79 Å². The Labute approximate surface area is 137 Å². The number of esters is 1. The summed E-state index contributed by atoms with van der Waals surface area (Å²) in [6.45, 7) is -0.486. The van der Waals surface area contributed by atoms with Crippen molar-refractivity contribution in [1.82, 2.24) is 0 Å². The molecule has 116 valence electrons. The molecule has 7 heteroatoms. The second-order valence-corrected chi connectivity index (χ2v) is 4.98. The molecule has 1 amide bonds. The van der Waals surface area contributed by atoms with Crippen molar-refractivity contribution in [3.63, 3.8) is 0 Å². The Bertz CT molecular complexity index is 782. The van der Waals surface area contributed by atoms with E-state index in [2.05, 4.69) is 5.32 Å². The topological polar surface area (TPSA) is 105 Å². The fourth-order valence-corrected chi connectivity index (χ4v) is 1.91. The van der Waals surface area contributed by atoms with Crippen molar-refractivity contribution in [3.05, 3.63) is 58.6 Å². The molecule has 2 aromatic carbocycles. The Morgan fingerprint density at radius 3 is 2.57 bits per heavy atom. The molecule has 0 saturated heterocycles. The number of nitriles is 1. The first kappa shape index (κ1) is 16.3. The average molecular weight is 330 g/mol. The van der Waals surface area contributed by atoms with Crippen LogP contribution in [0.2, 0.25) is 5.02 Å². The van der Waals surface area contributed by atoms with Crippen LogP contribution in [0.5, 0.6) is 0 Å². The zero-order valence-electron chi connectivity index (χ0n) is 11.9. The van der Waals surface area contributed by atoms with Gasteiger partial charge in [-0.25, -0.2) is 4.79 Å². The number of anilines is 2. The number of hydrogen-bond donors (Lipinski definition) is 2. The average Bonchev–Trinajstić information content (AvgIpc) is 2.53. The normalized spacial score (nSPS) is 9.74. The Hall–Kier alpha value is -3.04. The van der Waals surface area contributed by atoms with E-state index in [9.17, 15) is 9.59 Å². The molecule has 0 heterocycles. The Morgan fingerprint density at radius 1 is 1.22 bits per heavy atom. The maximum atomic E-state index is 11.8. The van der Waals surface area contributed by atoms with Crippen molar-refractivity contribution >= 4 is 34.9 Å². The number of carbonyl (C=O) groups is 2. The van der Waals surface area contributed by atoms with Crippen molar-refractivity contribution in [2.45, 2.75) is 0 Å². The van der Waals surface area contributed by atoms with Crippen LogP contribution < -0.4 is 11.1 Å². The molecule has 3 N–H and O–H groups in total. The van der Waals surface area contributed by atoms with E-state index in [1.807, 2.05) is 6.07 Å². The van der Waals surface area contributed by atoms with Crippen LogP contribution in [-0.4, -0.2) is 18.5 Å². The summed E-state index contributed by atoms with van der Waals surface area (Å²) in [6, 6.07) is 12.5. The molecule has 0 aliphatic carbocycles. The Kier molecular flexibility index (Phi) is 5.18. The summed E-state index contributed by atoms with van der Waals surface area (Å²) in [6.07, 6.45) is 0. The van der Waals surface area contributed by atoms with E-state index in [0.717, 1.165) is 0 Å². The van der Waals surface area contributed by atoms with Crippen LogP contribution in [-0.2, 0) is 9.53 Å². The van der Waals surface area contributed by atoms with Crippen molar-refractivity contribution in [2.24, 2.45) is 0 Å². The van der Waals surface area contributed by atoms with Gasteiger partial charge in [0, 0.05) is 10.7 Å². The molecule has 2 rings (SSSR count). The predicted octanol–water partition coefficient (Wildman–Crippen LogP) is 2.59. The molecule has 6 nitrogen and oxygen atoms in total. The number of nitrogens with two attached hydrogens (primary N) is 1. The number of ether oxygens (including phenoxy) is 1. The lowest BCUT2D eigenvalue weighted by atomic mass is 10.2. The fourth-order valence-electron chi connectivity index (χ4n) is 1.74. The maximum absolute atomic E-state index is 11.8. The van der Waals surface area contributed by atoms with Gasteiger partial charge < -0.3 is 15.8 Å². The highest BCUT2D eigenvalue weighted by Gasteiger charge is 2.12. The third kappa shape index (κ3) is 4.46. The van der Waals surface area contributed by atoms with Crippen LogP contribution in [0.4, 0.5) is 11.4 Å². The van der Waals surface area contributed by atoms with Crippen LogP contribution in [0.1, 0.15) is 15.9 Å². The highest BCUT2D eigenvalue weighted by atomic mass is 35.5. The largest absolute Gasteiger partial charge is 0.452 e. The van der Waals surface area contributed by atoms with Gasteiger partial charge in [0.05, 0.1) is 16.8 Å². The minimum absolute atomic E-state index is 0.257. The number of nitrogens with one attached hydrogen (secondary N) is 1. The minimum Gasteiger partial charge on any atom is -0.452 e. The third-order valence-electron chi connectivity index (χ3n) is 2.86. The van der Waals surface area contributed by atoms with Crippen LogP contribution in [0.15, 0.2) is 42.5 Å². The number of hydrogen-bond acceptors (Lipinski definition) is 5. The summed E-state index contributed by atoms with van der Waals surface area (Å²) in [7, 11) is 0. The van der Waals surface area contributed by atoms with Gasteiger partial charge >= 0.3 is 5.97 Å². The van der Waals surface area contributed by atoms with E-state index in [1.165, 1.54) is 30.3 Å². The number of rotatable bonds is 4. The molecule has 23 heavy (non-hydrogen) atoms. The third-order valence-corrected chi connectivity index (χ3v) is 3.09. The fraction of sp³-hybridized carbons (Fsp3) is 0.0625. The smallest absolute Gasteiger partial charge is 0.338 e. The first-order chi connectivity index (χ1) is 11.0. The molecule has 0 radical (unpaired) electrons. The van der Waals surface area contributed by atoms with E-state index < -0.39 is 18.5 Å². The second-order valence-electron chi connectivity index (χ2n) is 4.55. The van der Waals surface area contributed by atoms with Crippen molar-refractivity contribution in [2.75, 3.05) is 17.7 Å². The molecule has 0 fully saturated rings. The highest BCUT2D eigenvalue weighted by molar-refractivity contribution is 6.31. The Morgan fingerprint density at radius 2 is 1.91 bits per heavy atom. The molecule has 0 spiro atoms. The van der Waals surface area contributed by atoms with Crippen LogP contribution in [0, 0.1) is 11.3 Å². The summed E-state index contributed by atoms with van der Waals surface area (Å²) < 4.78 is 4.90. The number of nitrogens with zero attached hydrogens (tertiary/aromatic N) is 1. The van der Waals surface area contributed by atoms with Crippen LogP contribution in [0.25, 0.3) is 0 Å². The van der Waals surface area contributed by atoms with Gasteiger partial charge in [-0.15, -0.1) is 0 Å². The SMILES string of the molecule is N#Cc1ccc(Cl)cc1NC(=O)COC(=O)c1ccc(N)cc1. The molecule has 0 saturated carbocycles. The standard InChI is InChI=1S/C16H12ClN3O3/c17-12-4-1-11(8-18)14(7-12)20-15(21)9-23-16(22)10-2-5-13(19)6-3-10/h1-7H,9,19H2,(H,20,21). The molecular weight excluding hydrogens is 318 g/mol. The Balaban J connectivity index is 1.95. The van der Waals surface area contributed by atoms with Gasteiger partial charge in [-0.2, -0.15) is 5.26 Å². The van der Waals surface area contributed by atoms with Crippen LogP contribution in [0.3, 0.4) is 0 Å². The number of carbonyl (C=O) groups excluding carboxylic acids is 2. The van der Waals surface area contributed by atoms with E-state index in [4.69, 9.17) is 27.3 Å². The zero-order valence-corrected chi connectivity index (χ0v) is 12.6. The molecule has 0 aromatic heterocycles. The van der Waals surface area contributed by atoms with E-state index in [1.54, 1.807) is 12.1 Å². The maximum Gasteiger partial charge on any atom is 0.338 e. The van der Waals surface area contributed by atoms with Crippen molar-refractivity contribution < 1.29 is 14.3 Å². The van der Waals surface area contributed by atoms with Gasteiger partial charge in [-0.1, -0.05) is 11.6 Å². The van der Waals surface area contributed by atoms with Gasteiger partial charge in [0.1, 0.15) is 6.07 Å². The van der Waals surface area contributed by atoms with E-state index >= 15 is 0 Å². The summed E-state index contributed by atoms with van der Waals surface area (Å²) in [4.78, 5) is 23.6. The number of amides is 1. The monoisotopic (exact) mass is 329 g/mol. The first-order valence-corrected chi connectivity index (χ1v) is 6.89. The summed E-state index contributed by atoms with van der Waals surface area (Å²) in [5.74, 6) is -1.22. The quantitative estimate of drug-likeness (QED) is 0.662. The summed E-state index contributed by atoms with van der Waals surface area (Å²) in [5, 5.41) is 11.8. The van der Waals surface area contributed by atoms with Crippen LogP contribution >= 0.6 is 11.6 Å². The minimum atomic E-state index is -0.647. The van der Waals surface area contributed by atoms with Gasteiger partial charge in [0.25, 0.3) is 5.91 Å². The summed E-state index contributed by atoms with van der Waals surface area (Å²) in [5.41, 5.74) is 6.84. The highest BCUT2D eigenvalue weighted by Crippen LogP contribution is 2.20. The lowest BCUT2D eigenvalue weighted by Gasteiger charge is -2.08. The van der Waals surface area contributed by atoms with Gasteiger partial charge in [0.2, 0.25) is 0 Å². The number of nitrogen functional groups attached to an aromatic ring is 1. The van der Waals surface area contributed by atoms with Crippen molar-refractivity contribution in [1.29, 1.82) is 5.26 Å². The van der Waals surface area contributed by atoms with E-state index in [-0.39, 0.29) is 16.8 Å². The lowest BCUT2D eigenvalue weighted by molar-refractivity contribution is -0.119.